The lowest BCUT2D eigenvalue weighted by molar-refractivity contribution is -0.137. The zero-order chi connectivity index (χ0) is 17.0. The summed E-state index contributed by atoms with van der Waals surface area (Å²) >= 11 is 0. The minimum Gasteiger partial charge on any atom is -0.375 e. The molecule has 1 atom stereocenters. The van der Waals surface area contributed by atoms with E-state index in [-0.39, 0.29) is 36.3 Å². The van der Waals surface area contributed by atoms with Gasteiger partial charge < -0.3 is 19.4 Å². The maximum Gasteiger partial charge on any atom is 0.248 e. The van der Waals surface area contributed by atoms with Crippen molar-refractivity contribution >= 4 is 17.7 Å². The summed E-state index contributed by atoms with van der Waals surface area (Å²) in [5.41, 5.74) is 0. The van der Waals surface area contributed by atoms with E-state index in [1.54, 1.807) is 9.80 Å². The third kappa shape index (κ3) is 4.22. The standard InChI is InChI=1S/C16H27N3O4/c1-12(2)19-10-13(9-14(19)20)16(22)18-6-4-5-17(7-8-18)15(21)11-23-3/h12-13H,4-11H2,1-3H3. The van der Waals surface area contributed by atoms with E-state index in [0.29, 0.717) is 39.1 Å². The van der Waals surface area contributed by atoms with Gasteiger partial charge in [0, 0.05) is 52.3 Å². The molecule has 0 saturated carbocycles. The van der Waals surface area contributed by atoms with Crippen molar-refractivity contribution < 1.29 is 19.1 Å². The Morgan fingerprint density at radius 2 is 1.83 bits per heavy atom. The van der Waals surface area contributed by atoms with Crippen molar-refractivity contribution in [3.8, 4) is 0 Å². The quantitative estimate of drug-likeness (QED) is 0.727. The van der Waals surface area contributed by atoms with E-state index in [4.69, 9.17) is 4.74 Å². The minimum absolute atomic E-state index is 0.0381. The molecule has 2 aliphatic heterocycles. The molecule has 23 heavy (non-hydrogen) atoms. The average molecular weight is 325 g/mol. The normalized spacial score (nSPS) is 22.7. The number of methoxy groups -OCH3 is 1. The van der Waals surface area contributed by atoms with E-state index in [9.17, 15) is 14.4 Å². The van der Waals surface area contributed by atoms with Gasteiger partial charge >= 0.3 is 0 Å². The lowest BCUT2D eigenvalue weighted by Crippen LogP contribution is -2.41. The second kappa shape index (κ2) is 7.77. The lowest BCUT2D eigenvalue weighted by atomic mass is 10.1. The van der Waals surface area contributed by atoms with E-state index in [2.05, 4.69) is 0 Å². The Balaban J connectivity index is 1.91. The first-order chi connectivity index (χ1) is 10.9. The molecule has 0 radical (unpaired) electrons. The number of amides is 3. The maximum atomic E-state index is 12.7. The molecule has 7 heteroatoms. The number of carbonyl (C=O) groups is 3. The van der Waals surface area contributed by atoms with Crippen molar-refractivity contribution in [1.82, 2.24) is 14.7 Å². The zero-order valence-electron chi connectivity index (χ0n) is 14.3. The fourth-order valence-corrected chi connectivity index (χ4v) is 3.26. The fourth-order valence-electron chi connectivity index (χ4n) is 3.26. The van der Waals surface area contributed by atoms with Crippen LogP contribution in [-0.4, -0.2) is 84.9 Å². The zero-order valence-corrected chi connectivity index (χ0v) is 14.3. The van der Waals surface area contributed by atoms with Crippen LogP contribution in [0.5, 0.6) is 0 Å². The molecule has 1 unspecified atom stereocenters. The maximum absolute atomic E-state index is 12.7. The highest BCUT2D eigenvalue weighted by molar-refractivity contribution is 5.89. The van der Waals surface area contributed by atoms with Gasteiger partial charge in [0.15, 0.2) is 0 Å². The lowest BCUT2D eigenvalue weighted by Gasteiger charge is -2.25. The van der Waals surface area contributed by atoms with Gasteiger partial charge in [0.25, 0.3) is 0 Å². The highest BCUT2D eigenvalue weighted by Gasteiger charge is 2.37. The first-order valence-electron chi connectivity index (χ1n) is 8.29. The number of hydrogen-bond acceptors (Lipinski definition) is 4. The molecule has 0 aromatic rings. The SMILES string of the molecule is COCC(=O)N1CCCN(C(=O)C2CC(=O)N(C(C)C)C2)CC1. The first kappa shape index (κ1) is 17.7. The molecule has 2 saturated heterocycles. The monoisotopic (exact) mass is 325 g/mol. The molecule has 0 spiro atoms. The minimum atomic E-state index is -0.244. The predicted octanol–water partition coefficient (Wildman–Crippen LogP) is -0.0494. The Hall–Kier alpha value is -1.63. The molecule has 2 heterocycles. The fraction of sp³-hybridized carbons (Fsp3) is 0.812. The van der Waals surface area contributed by atoms with Gasteiger partial charge in [-0.1, -0.05) is 0 Å². The highest BCUT2D eigenvalue weighted by Crippen LogP contribution is 2.22. The topological polar surface area (TPSA) is 70.2 Å². The number of likely N-dealkylation sites (tertiary alicyclic amines) is 1. The molecule has 3 amide bonds. The molecule has 2 fully saturated rings. The van der Waals surface area contributed by atoms with Crippen LogP contribution in [0.1, 0.15) is 26.7 Å². The number of rotatable bonds is 4. The molecular formula is C16H27N3O4. The van der Waals surface area contributed by atoms with Gasteiger partial charge in [0.1, 0.15) is 6.61 Å². The summed E-state index contributed by atoms with van der Waals surface area (Å²) in [5, 5.41) is 0. The van der Waals surface area contributed by atoms with Gasteiger partial charge in [-0.05, 0) is 20.3 Å². The molecule has 0 aromatic carbocycles. The van der Waals surface area contributed by atoms with E-state index in [1.165, 1.54) is 7.11 Å². The second-order valence-electron chi connectivity index (χ2n) is 6.53. The second-order valence-corrected chi connectivity index (χ2v) is 6.53. The van der Waals surface area contributed by atoms with Crippen LogP contribution < -0.4 is 0 Å². The summed E-state index contributed by atoms with van der Waals surface area (Å²) < 4.78 is 4.88. The first-order valence-corrected chi connectivity index (χ1v) is 8.29. The van der Waals surface area contributed by atoms with E-state index in [1.807, 2.05) is 18.7 Å². The van der Waals surface area contributed by atoms with Crippen molar-refractivity contribution in [1.29, 1.82) is 0 Å². The molecule has 0 bridgehead atoms. The molecule has 130 valence electrons. The average Bonchev–Trinajstić information content (AvgIpc) is 2.74. The Kier molecular flexibility index (Phi) is 5.98. The van der Waals surface area contributed by atoms with Gasteiger partial charge in [-0.25, -0.2) is 0 Å². The molecular weight excluding hydrogens is 298 g/mol. The molecule has 7 nitrogen and oxygen atoms in total. The number of nitrogens with zero attached hydrogens (tertiary/aromatic N) is 3. The van der Waals surface area contributed by atoms with Crippen LogP contribution in [0.2, 0.25) is 0 Å². The predicted molar refractivity (Wildman–Crippen MR) is 84.6 cm³/mol. The van der Waals surface area contributed by atoms with Crippen LogP contribution in [0.3, 0.4) is 0 Å². The summed E-state index contributed by atoms with van der Waals surface area (Å²) in [4.78, 5) is 41.9. The smallest absolute Gasteiger partial charge is 0.248 e. The van der Waals surface area contributed by atoms with Crippen LogP contribution in [-0.2, 0) is 19.1 Å². The third-order valence-electron chi connectivity index (χ3n) is 4.56. The van der Waals surface area contributed by atoms with Gasteiger partial charge in [0.2, 0.25) is 17.7 Å². The Bertz CT molecular complexity index is 466. The molecule has 0 N–H and O–H groups in total. The van der Waals surface area contributed by atoms with Gasteiger partial charge in [-0.3, -0.25) is 14.4 Å². The highest BCUT2D eigenvalue weighted by atomic mass is 16.5. The molecule has 2 rings (SSSR count). The van der Waals surface area contributed by atoms with Crippen LogP contribution in [0, 0.1) is 5.92 Å². The van der Waals surface area contributed by atoms with Crippen molar-refractivity contribution in [2.75, 3.05) is 46.4 Å². The van der Waals surface area contributed by atoms with Crippen LogP contribution in [0.25, 0.3) is 0 Å². The van der Waals surface area contributed by atoms with Gasteiger partial charge in [0.05, 0.1) is 5.92 Å². The van der Waals surface area contributed by atoms with E-state index >= 15 is 0 Å². The van der Waals surface area contributed by atoms with Crippen LogP contribution >= 0.6 is 0 Å². The summed E-state index contributed by atoms with van der Waals surface area (Å²) in [6.45, 7) is 6.87. The van der Waals surface area contributed by atoms with Crippen molar-refractivity contribution in [3.05, 3.63) is 0 Å². The van der Waals surface area contributed by atoms with Crippen molar-refractivity contribution in [2.24, 2.45) is 5.92 Å². The van der Waals surface area contributed by atoms with Gasteiger partial charge in [-0.15, -0.1) is 0 Å². The Morgan fingerprint density at radius 3 is 2.43 bits per heavy atom. The molecule has 0 aliphatic carbocycles. The molecule has 0 aromatic heterocycles. The largest absolute Gasteiger partial charge is 0.375 e. The number of ether oxygens (including phenoxy) is 1. The summed E-state index contributed by atoms with van der Waals surface area (Å²) in [5.74, 6) is -0.178. The van der Waals surface area contributed by atoms with E-state index < -0.39 is 0 Å². The van der Waals surface area contributed by atoms with Crippen molar-refractivity contribution in [3.63, 3.8) is 0 Å². The van der Waals surface area contributed by atoms with E-state index in [0.717, 1.165) is 6.42 Å². The molecule has 2 aliphatic rings. The van der Waals surface area contributed by atoms with Crippen LogP contribution in [0.4, 0.5) is 0 Å². The van der Waals surface area contributed by atoms with Gasteiger partial charge in [-0.2, -0.15) is 0 Å². The van der Waals surface area contributed by atoms with Crippen LogP contribution in [0.15, 0.2) is 0 Å². The summed E-state index contributed by atoms with van der Waals surface area (Å²) in [6.07, 6.45) is 1.07. The van der Waals surface area contributed by atoms with Crippen molar-refractivity contribution in [2.45, 2.75) is 32.7 Å². The summed E-state index contributed by atoms with van der Waals surface area (Å²) in [7, 11) is 1.50. The summed E-state index contributed by atoms with van der Waals surface area (Å²) in [6, 6.07) is 0.131. The third-order valence-corrected chi connectivity index (χ3v) is 4.56. The Morgan fingerprint density at radius 1 is 1.17 bits per heavy atom. The number of hydrogen-bond donors (Lipinski definition) is 0. The Labute approximate surface area is 137 Å². The number of carbonyl (C=O) groups excluding carboxylic acids is 3.